The van der Waals surface area contributed by atoms with Crippen LogP contribution in [0.4, 0.5) is 4.39 Å². The summed E-state index contributed by atoms with van der Waals surface area (Å²) in [6.45, 7) is 3.98. The molecule has 0 radical (unpaired) electrons. The number of nitrogens with one attached hydrogen (secondary N) is 1. The lowest BCUT2D eigenvalue weighted by atomic mass is 10.1. The Bertz CT molecular complexity index is 878. The van der Waals surface area contributed by atoms with E-state index >= 15 is 0 Å². The van der Waals surface area contributed by atoms with Crippen LogP contribution in [0.5, 0.6) is 0 Å². The molecule has 5 nitrogen and oxygen atoms in total. The van der Waals surface area contributed by atoms with E-state index in [4.69, 9.17) is 9.25 Å². The van der Waals surface area contributed by atoms with Crippen molar-refractivity contribution >= 4 is 5.91 Å². The molecular formula is C22H23FN2O3. The molecule has 0 bridgehead atoms. The van der Waals surface area contributed by atoms with Gasteiger partial charge in [-0.1, -0.05) is 42.5 Å². The average molecular weight is 382 g/mol. The summed E-state index contributed by atoms with van der Waals surface area (Å²) in [7, 11) is 0. The van der Waals surface area contributed by atoms with Gasteiger partial charge in [0.2, 0.25) is 0 Å². The van der Waals surface area contributed by atoms with Crippen LogP contribution in [0.2, 0.25) is 0 Å². The molecule has 0 aliphatic heterocycles. The second-order valence-corrected chi connectivity index (χ2v) is 6.39. The predicted molar refractivity (Wildman–Crippen MR) is 104 cm³/mol. The van der Waals surface area contributed by atoms with Crippen molar-refractivity contribution in [3.63, 3.8) is 0 Å². The highest BCUT2D eigenvalue weighted by atomic mass is 19.1. The quantitative estimate of drug-likeness (QED) is 0.561. The van der Waals surface area contributed by atoms with Crippen molar-refractivity contribution in [3.8, 4) is 0 Å². The third-order valence-corrected chi connectivity index (χ3v) is 4.14. The molecule has 6 heteroatoms. The molecule has 3 rings (SSSR count). The number of carbonyl (C=O) groups is 1. The summed E-state index contributed by atoms with van der Waals surface area (Å²) >= 11 is 0. The largest absolute Gasteiger partial charge is 0.454 e. The Labute approximate surface area is 163 Å². The maximum Gasteiger partial charge on any atom is 0.310 e. The number of hydroxylamine groups is 1. The molecule has 3 aromatic rings. The van der Waals surface area contributed by atoms with E-state index in [1.807, 2.05) is 18.2 Å². The molecule has 0 saturated carbocycles. The molecular weight excluding hydrogens is 359 g/mol. The predicted octanol–water partition coefficient (Wildman–Crippen LogP) is 4.30. The molecule has 146 valence electrons. The Morgan fingerprint density at radius 2 is 1.64 bits per heavy atom. The van der Waals surface area contributed by atoms with E-state index in [0.717, 1.165) is 11.1 Å². The van der Waals surface area contributed by atoms with E-state index in [1.165, 1.54) is 12.1 Å². The maximum atomic E-state index is 13.2. The normalized spacial score (nSPS) is 11.0. The van der Waals surface area contributed by atoms with Crippen LogP contribution in [0.1, 0.15) is 34.4 Å². The molecule has 1 aromatic heterocycles. The van der Waals surface area contributed by atoms with Gasteiger partial charge in [0.05, 0.1) is 13.2 Å². The monoisotopic (exact) mass is 382 g/mol. The highest BCUT2D eigenvalue weighted by molar-refractivity contribution is 5.90. The van der Waals surface area contributed by atoms with Gasteiger partial charge in [0.1, 0.15) is 11.6 Å². The van der Waals surface area contributed by atoms with E-state index in [-0.39, 0.29) is 11.6 Å². The lowest BCUT2D eigenvalue weighted by molar-refractivity contribution is 0.0338. The molecule has 2 aromatic carbocycles. The molecule has 1 heterocycles. The van der Waals surface area contributed by atoms with Crippen molar-refractivity contribution in [3.05, 3.63) is 95.2 Å². The highest BCUT2D eigenvalue weighted by Crippen LogP contribution is 2.16. The van der Waals surface area contributed by atoms with Gasteiger partial charge in [0.15, 0.2) is 5.76 Å². The third-order valence-electron chi connectivity index (χ3n) is 4.14. The molecule has 0 aliphatic rings. The molecule has 0 saturated heterocycles. The van der Waals surface area contributed by atoms with Gasteiger partial charge < -0.3 is 4.42 Å². The molecule has 0 fully saturated rings. The first-order chi connectivity index (χ1) is 13.6. The van der Waals surface area contributed by atoms with Crippen molar-refractivity contribution in [2.75, 3.05) is 6.61 Å². The summed E-state index contributed by atoms with van der Waals surface area (Å²) < 4.78 is 18.9. The number of amides is 1. The average Bonchev–Trinajstić information content (AvgIpc) is 3.17. The first kappa shape index (κ1) is 19.8. The highest BCUT2D eigenvalue weighted by Gasteiger charge is 2.15. The summed E-state index contributed by atoms with van der Waals surface area (Å²) in [6, 6.07) is 19.9. The molecule has 0 spiro atoms. The van der Waals surface area contributed by atoms with Crippen molar-refractivity contribution in [1.82, 2.24) is 10.4 Å². The summed E-state index contributed by atoms with van der Waals surface area (Å²) in [6.07, 6.45) is 0. The van der Waals surface area contributed by atoms with Gasteiger partial charge in [-0.2, -0.15) is 0 Å². The van der Waals surface area contributed by atoms with Gasteiger partial charge in [-0.25, -0.2) is 9.87 Å². The van der Waals surface area contributed by atoms with Crippen molar-refractivity contribution in [1.29, 1.82) is 0 Å². The maximum absolute atomic E-state index is 13.2. The van der Waals surface area contributed by atoms with Crippen molar-refractivity contribution < 1.29 is 18.4 Å². The number of hydrogen-bond donors (Lipinski definition) is 1. The van der Waals surface area contributed by atoms with Gasteiger partial charge in [0.25, 0.3) is 0 Å². The van der Waals surface area contributed by atoms with Crippen LogP contribution in [0, 0.1) is 5.82 Å². The molecule has 0 unspecified atom stereocenters. The lowest BCUT2D eigenvalue weighted by Crippen LogP contribution is -2.23. The Hall–Kier alpha value is -2.96. The number of furan rings is 1. The van der Waals surface area contributed by atoms with Gasteiger partial charge in [-0.05, 0) is 42.3 Å². The second kappa shape index (κ2) is 9.82. The fourth-order valence-electron chi connectivity index (χ4n) is 2.85. The summed E-state index contributed by atoms with van der Waals surface area (Å²) in [4.78, 5) is 19.0. The van der Waals surface area contributed by atoms with E-state index in [9.17, 15) is 9.18 Å². The summed E-state index contributed by atoms with van der Waals surface area (Å²) in [5.74, 6) is 0.195. The molecule has 0 aliphatic carbocycles. The minimum absolute atomic E-state index is 0.199. The Morgan fingerprint density at radius 3 is 2.32 bits per heavy atom. The summed E-state index contributed by atoms with van der Waals surface area (Å²) in [5, 5.41) is 0. The van der Waals surface area contributed by atoms with E-state index < -0.39 is 5.91 Å². The third kappa shape index (κ3) is 5.77. The zero-order chi connectivity index (χ0) is 19.8. The van der Waals surface area contributed by atoms with E-state index in [1.54, 1.807) is 31.2 Å². The number of hydrogen-bond acceptors (Lipinski definition) is 4. The van der Waals surface area contributed by atoms with Crippen LogP contribution in [0.15, 0.2) is 71.1 Å². The van der Waals surface area contributed by atoms with Crippen LogP contribution >= 0.6 is 0 Å². The number of halogens is 1. The van der Waals surface area contributed by atoms with Crippen LogP contribution < -0.4 is 5.48 Å². The standard InChI is InChI=1S/C22H23FN2O3/c1-2-27-24-22(26)21-13-12-20(28-21)16-25(14-17-6-4-3-5-7-17)15-18-8-10-19(23)11-9-18/h3-13H,2,14-16H2,1H3,(H,24,26). The fourth-order valence-corrected chi connectivity index (χ4v) is 2.85. The van der Waals surface area contributed by atoms with E-state index in [2.05, 4.69) is 22.5 Å². The fraction of sp³-hybridized carbons (Fsp3) is 0.227. The first-order valence-electron chi connectivity index (χ1n) is 9.15. The van der Waals surface area contributed by atoms with Crippen LogP contribution in [0.3, 0.4) is 0 Å². The van der Waals surface area contributed by atoms with Crippen LogP contribution in [-0.2, 0) is 24.5 Å². The Kier molecular flexibility index (Phi) is 6.94. The zero-order valence-corrected chi connectivity index (χ0v) is 15.7. The van der Waals surface area contributed by atoms with Crippen LogP contribution in [0.25, 0.3) is 0 Å². The molecule has 1 N–H and O–H groups in total. The topological polar surface area (TPSA) is 54.7 Å². The number of benzene rings is 2. The lowest BCUT2D eigenvalue weighted by Gasteiger charge is -2.21. The Morgan fingerprint density at radius 1 is 0.964 bits per heavy atom. The van der Waals surface area contributed by atoms with Crippen molar-refractivity contribution in [2.24, 2.45) is 0 Å². The van der Waals surface area contributed by atoms with Crippen LogP contribution in [-0.4, -0.2) is 17.4 Å². The van der Waals surface area contributed by atoms with Crippen molar-refractivity contribution in [2.45, 2.75) is 26.6 Å². The minimum atomic E-state index is -0.416. The van der Waals surface area contributed by atoms with Gasteiger partial charge in [-0.15, -0.1) is 0 Å². The van der Waals surface area contributed by atoms with Gasteiger partial charge in [0, 0.05) is 13.1 Å². The smallest absolute Gasteiger partial charge is 0.310 e. The minimum Gasteiger partial charge on any atom is -0.454 e. The molecule has 1 amide bonds. The first-order valence-corrected chi connectivity index (χ1v) is 9.15. The van der Waals surface area contributed by atoms with Gasteiger partial charge in [-0.3, -0.25) is 14.5 Å². The number of rotatable bonds is 9. The number of carbonyl (C=O) groups excluding carboxylic acids is 1. The van der Waals surface area contributed by atoms with E-state index in [0.29, 0.717) is 32.0 Å². The van der Waals surface area contributed by atoms with Gasteiger partial charge >= 0.3 is 5.91 Å². The molecule has 28 heavy (non-hydrogen) atoms. The summed E-state index contributed by atoms with van der Waals surface area (Å²) in [5.41, 5.74) is 4.47. The SMILES string of the molecule is CCONC(=O)c1ccc(CN(Cc2ccccc2)Cc2ccc(F)cc2)o1. The number of nitrogens with zero attached hydrogens (tertiary/aromatic N) is 1. The molecule has 0 atom stereocenters. The Balaban J connectivity index is 1.72. The zero-order valence-electron chi connectivity index (χ0n) is 15.7. The second-order valence-electron chi connectivity index (χ2n) is 6.39.